The van der Waals surface area contributed by atoms with Gasteiger partial charge in [0.15, 0.2) is 0 Å². The van der Waals surface area contributed by atoms with E-state index in [9.17, 15) is 0 Å². The smallest absolute Gasteiger partial charge is 0.136 e. The normalized spacial score (nSPS) is 12.9. The van der Waals surface area contributed by atoms with Gasteiger partial charge in [0.2, 0.25) is 0 Å². The minimum absolute atomic E-state index is 0.259. The van der Waals surface area contributed by atoms with Crippen LogP contribution >= 0.6 is 0 Å². The van der Waals surface area contributed by atoms with E-state index in [1.165, 1.54) is 6.33 Å². The first kappa shape index (κ1) is 12.2. The van der Waals surface area contributed by atoms with E-state index in [0.29, 0.717) is 12.2 Å². The molecule has 0 aliphatic carbocycles. The lowest BCUT2D eigenvalue weighted by molar-refractivity contribution is 0.412. The van der Waals surface area contributed by atoms with Crippen LogP contribution in [0, 0.1) is 6.92 Å². The number of allylic oxidation sites excluding steroid dienone is 2. The molecule has 0 saturated heterocycles. The third kappa shape index (κ3) is 2.79. The lowest BCUT2D eigenvalue weighted by Crippen LogP contribution is -2.10. The second-order valence-corrected chi connectivity index (χ2v) is 3.44. The highest BCUT2D eigenvalue weighted by Gasteiger charge is 2.11. The SMILES string of the molecule is CN=C(C/C=C(/C)O)c1c(C)ncnc1N. The molecule has 0 aliphatic rings. The Hall–Kier alpha value is -1.91. The number of nitrogen functional groups attached to an aromatic ring is 1. The lowest BCUT2D eigenvalue weighted by atomic mass is 10.1. The Morgan fingerprint density at radius 1 is 1.56 bits per heavy atom. The van der Waals surface area contributed by atoms with Gasteiger partial charge in [-0.25, -0.2) is 9.97 Å². The fraction of sp³-hybridized carbons (Fsp3) is 0.364. The Kier molecular flexibility index (Phi) is 3.99. The van der Waals surface area contributed by atoms with E-state index in [2.05, 4.69) is 15.0 Å². The van der Waals surface area contributed by atoms with E-state index in [1.54, 1.807) is 20.0 Å². The molecule has 1 heterocycles. The van der Waals surface area contributed by atoms with Crippen molar-refractivity contribution in [2.45, 2.75) is 20.3 Å². The molecule has 1 rings (SSSR count). The summed E-state index contributed by atoms with van der Waals surface area (Å²) in [6.45, 7) is 3.47. The fourth-order valence-corrected chi connectivity index (χ4v) is 1.40. The maximum atomic E-state index is 9.13. The summed E-state index contributed by atoms with van der Waals surface area (Å²) >= 11 is 0. The number of anilines is 1. The molecule has 16 heavy (non-hydrogen) atoms. The summed E-state index contributed by atoms with van der Waals surface area (Å²) in [6.07, 6.45) is 3.61. The van der Waals surface area contributed by atoms with Gasteiger partial charge >= 0.3 is 0 Å². The molecule has 0 atom stereocenters. The van der Waals surface area contributed by atoms with Crippen molar-refractivity contribution in [2.75, 3.05) is 12.8 Å². The molecular formula is C11H16N4O. The van der Waals surface area contributed by atoms with Gasteiger partial charge in [0.25, 0.3) is 0 Å². The predicted octanol–water partition coefficient (Wildman–Crippen LogP) is 1.64. The van der Waals surface area contributed by atoms with Gasteiger partial charge in [-0.3, -0.25) is 4.99 Å². The molecule has 3 N–H and O–H groups in total. The zero-order valence-corrected chi connectivity index (χ0v) is 9.73. The van der Waals surface area contributed by atoms with Crippen LogP contribution in [0.1, 0.15) is 24.6 Å². The highest BCUT2D eigenvalue weighted by Crippen LogP contribution is 2.15. The third-order valence-corrected chi connectivity index (χ3v) is 2.22. The lowest BCUT2D eigenvalue weighted by Gasteiger charge is -2.08. The van der Waals surface area contributed by atoms with Crippen molar-refractivity contribution in [3.05, 3.63) is 29.4 Å². The predicted molar refractivity (Wildman–Crippen MR) is 64.6 cm³/mol. The van der Waals surface area contributed by atoms with Crippen LogP contribution in [-0.2, 0) is 0 Å². The van der Waals surface area contributed by atoms with E-state index < -0.39 is 0 Å². The molecule has 0 unspecified atom stereocenters. The first-order valence-corrected chi connectivity index (χ1v) is 4.95. The fourth-order valence-electron chi connectivity index (χ4n) is 1.40. The van der Waals surface area contributed by atoms with Crippen molar-refractivity contribution >= 4 is 11.5 Å². The number of nitrogens with zero attached hydrogens (tertiary/aromatic N) is 3. The van der Waals surface area contributed by atoms with Crippen molar-refractivity contribution in [3.63, 3.8) is 0 Å². The zero-order chi connectivity index (χ0) is 12.1. The van der Waals surface area contributed by atoms with Crippen LogP contribution in [0.2, 0.25) is 0 Å². The summed E-state index contributed by atoms with van der Waals surface area (Å²) in [5.74, 6) is 0.673. The Bertz CT molecular complexity index is 413. The maximum absolute atomic E-state index is 9.13. The van der Waals surface area contributed by atoms with Crippen LogP contribution in [0.15, 0.2) is 23.2 Å². The van der Waals surface area contributed by atoms with Gasteiger partial charge < -0.3 is 10.8 Å². The zero-order valence-electron chi connectivity index (χ0n) is 9.73. The molecule has 0 radical (unpaired) electrons. The molecule has 0 bridgehead atoms. The van der Waals surface area contributed by atoms with Gasteiger partial charge in [-0.05, 0) is 19.9 Å². The highest BCUT2D eigenvalue weighted by atomic mass is 16.3. The van der Waals surface area contributed by atoms with Crippen LogP contribution < -0.4 is 5.73 Å². The summed E-state index contributed by atoms with van der Waals surface area (Å²) in [6, 6.07) is 0. The summed E-state index contributed by atoms with van der Waals surface area (Å²) in [7, 11) is 1.68. The average Bonchev–Trinajstić information content (AvgIpc) is 2.22. The molecule has 0 spiro atoms. The number of rotatable bonds is 3. The van der Waals surface area contributed by atoms with Crippen LogP contribution in [0.4, 0.5) is 5.82 Å². The summed E-state index contributed by atoms with van der Waals surface area (Å²) in [5.41, 5.74) is 8.10. The van der Waals surface area contributed by atoms with Crippen molar-refractivity contribution in [3.8, 4) is 0 Å². The number of hydrogen-bond donors (Lipinski definition) is 2. The standard InChI is InChI=1S/C11H16N4O/c1-7(16)4-5-9(13-3)10-8(2)14-6-15-11(10)12/h4,6,16H,5H2,1-3H3,(H2,12,14,15)/b7-4-,13-9?. The van der Waals surface area contributed by atoms with E-state index in [4.69, 9.17) is 10.8 Å². The van der Waals surface area contributed by atoms with E-state index in [-0.39, 0.29) is 5.76 Å². The van der Waals surface area contributed by atoms with Gasteiger partial charge in [0, 0.05) is 13.5 Å². The minimum atomic E-state index is 0.259. The quantitative estimate of drug-likeness (QED) is 0.599. The first-order valence-electron chi connectivity index (χ1n) is 4.95. The van der Waals surface area contributed by atoms with Crippen molar-refractivity contribution < 1.29 is 5.11 Å². The Balaban J connectivity index is 3.10. The maximum Gasteiger partial charge on any atom is 0.136 e. The van der Waals surface area contributed by atoms with Crippen LogP contribution in [0.3, 0.4) is 0 Å². The second kappa shape index (κ2) is 5.25. The first-order chi connectivity index (χ1) is 7.56. The van der Waals surface area contributed by atoms with Gasteiger partial charge in [-0.2, -0.15) is 0 Å². The average molecular weight is 220 g/mol. The molecule has 1 aromatic rings. The monoisotopic (exact) mass is 220 g/mol. The minimum Gasteiger partial charge on any atom is -0.513 e. The molecule has 0 saturated carbocycles. The van der Waals surface area contributed by atoms with Gasteiger partial charge in [0.1, 0.15) is 12.1 Å². The molecule has 0 fully saturated rings. The van der Waals surface area contributed by atoms with Gasteiger partial charge in [-0.15, -0.1) is 0 Å². The number of aliphatic hydroxyl groups is 1. The number of hydrogen-bond acceptors (Lipinski definition) is 5. The van der Waals surface area contributed by atoms with Crippen LogP contribution in [0.25, 0.3) is 0 Å². The van der Waals surface area contributed by atoms with E-state index in [0.717, 1.165) is 17.0 Å². The Morgan fingerprint density at radius 2 is 2.25 bits per heavy atom. The third-order valence-electron chi connectivity index (χ3n) is 2.22. The van der Waals surface area contributed by atoms with Crippen molar-refractivity contribution in [1.29, 1.82) is 0 Å². The molecule has 0 aromatic carbocycles. The molecule has 1 aromatic heterocycles. The molecule has 5 heteroatoms. The van der Waals surface area contributed by atoms with Crippen LogP contribution in [0.5, 0.6) is 0 Å². The topological polar surface area (TPSA) is 84.4 Å². The second-order valence-electron chi connectivity index (χ2n) is 3.44. The summed E-state index contributed by atoms with van der Waals surface area (Å²) in [5, 5.41) is 9.13. The highest BCUT2D eigenvalue weighted by molar-refractivity contribution is 6.05. The molecular weight excluding hydrogens is 204 g/mol. The Labute approximate surface area is 94.8 Å². The van der Waals surface area contributed by atoms with Gasteiger partial charge in [0.05, 0.1) is 22.7 Å². The van der Waals surface area contributed by atoms with Gasteiger partial charge in [-0.1, -0.05) is 0 Å². The molecule has 0 amide bonds. The Morgan fingerprint density at radius 3 is 2.75 bits per heavy atom. The number of aryl methyl sites for hydroxylation is 1. The largest absolute Gasteiger partial charge is 0.513 e. The number of aliphatic hydroxyl groups excluding tert-OH is 1. The van der Waals surface area contributed by atoms with E-state index in [1.807, 2.05) is 6.92 Å². The van der Waals surface area contributed by atoms with Crippen LogP contribution in [-0.4, -0.2) is 27.8 Å². The molecule has 5 nitrogen and oxygen atoms in total. The number of aromatic nitrogens is 2. The molecule has 86 valence electrons. The summed E-state index contributed by atoms with van der Waals surface area (Å²) < 4.78 is 0. The summed E-state index contributed by atoms with van der Waals surface area (Å²) in [4.78, 5) is 12.2. The van der Waals surface area contributed by atoms with E-state index >= 15 is 0 Å². The molecule has 0 aliphatic heterocycles. The number of nitrogens with two attached hydrogens (primary N) is 1. The number of aliphatic imine (C=N–C) groups is 1. The van der Waals surface area contributed by atoms with Crippen molar-refractivity contribution in [1.82, 2.24) is 9.97 Å². The van der Waals surface area contributed by atoms with Crippen molar-refractivity contribution in [2.24, 2.45) is 4.99 Å².